The number of ether oxygens (including phenoxy) is 1. The van der Waals surface area contributed by atoms with Gasteiger partial charge in [0, 0.05) is 17.6 Å². The molecule has 0 unspecified atom stereocenters. The molecule has 5 heteroatoms. The van der Waals surface area contributed by atoms with Gasteiger partial charge in [-0.15, -0.1) is 0 Å². The van der Waals surface area contributed by atoms with Gasteiger partial charge in [0.1, 0.15) is 18.2 Å². The van der Waals surface area contributed by atoms with E-state index in [-0.39, 0.29) is 5.02 Å². The van der Waals surface area contributed by atoms with Crippen molar-refractivity contribution in [2.45, 2.75) is 6.54 Å². The third-order valence-corrected chi connectivity index (χ3v) is 3.44. The van der Waals surface area contributed by atoms with E-state index in [9.17, 15) is 4.39 Å². The van der Waals surface area contributed by atoms with E-state index in [1.807, 2.05) is 24.3 Å². The molecular weight excluding hydrogens is 345 g/mol. The highest BCUT2D eigenvalue weighted by Gasteiger charge is 2.00. The Hall–Kier alpha value is -1.10. The molecule has 20 heavy (non-hydrogen) atoms. The van der Waals surface area contributed by atoms with Crippen LogP contribution in [0.5, 0.6) is 5.75 Å². The van der Waals surface area contributed by atoms with Crippen LogP contribution in [0.15, 0.2) is 46.9 Å². The van der Waals surface area contributed by atoms with Gasteiger partial charge in [0.2, 0.25) is 0 Å². The molecule has 0 aliphatic heterocycles. The predicted molar refractivity (Wildman–Crippen MR) is 82.8 cm³/mol. The first-order valence-corrected chi connectivity index (χ1v) is 7.35. The van der Waals surface area contributed by atoms with Crippen molar-refractivity contribution in [1.29, 1.82) is 0 Å². The summed E-state index contributed by atoms with van der Waals surface area (Å²) in [6.45, 7) is 1.88. The van der Waals surface area contributed by atoms with Crippen molar-refractivity contribution in [3.05, 3.63) is 63.3 Å². The van der Waals surface area contributed by atoms with Crippen LogP contribution in [0, 0.1) is 5.82 Å². The van der Waals surface area contributed by atoms with E-state index in [1.54, 1.807) is 12.1 Å². The highest BCUT2D eigenvalue weighted by molar-refractivity contribution is 9.10. The Morgan fingerprint density at radius 3 is 2.80 bits per heavy atom. The SMILES string of the molecule is Fc1ccc(CNCCOc2cccc(Br)c2)cc1Cl. The highest BCUT2D eigenvalue weighted by atomic mass is 79.9. The first-order valence-electron chi connectivity index (χ1n) is 6.18. The Morgan fingerprint density at radius 2 is 2.05 bits per heavy atom. The van der Waals surface area contributed by atoms with E-state index in [4.69, 9.17) is 16.3 Å². The fourth-order valence-electron chi connectivity index (χ4n) is 1.68. The monoisotopic (exact) mass is 357 g/mol. The zero-order valence-corrected chi connectivity index (χ0v) is 13.0. The fraction of sp³-hybridized carbons (Fsp3) is 0.200. The molecule has 0 bridgehead atoms. The van der Waals surface area contributed by atoms with E-state index in [1.165, 1.54) is 6.07 Å². The van der Waals surface area contributed by atoms with Crippen LogP contribution >= 0.6 is 27.5 Å². The second-order valence-electron chi connectivity index (χ2n) is 4.23. The van der Waals surface area contributed by atoms with Gasteiger partial charge in [-0.25, -0.2) is 4.39 Å². The topological polar surface area (TPSA) is 21.3 Å². The van der Waals surface area contributed by atoms with E-state index in [2.05, 4.69) is 21.2 Å². The maximum Gasteiger partial charge on any atom is 0.141 e. The summed E-state index contributed by atoms with van der Waals surface area (Å²) >= 11 is 9.11. The van der Waals surface area contributed by atoms with Crippen molar-refractivity contribution < 1.29 is 9.13 Å². The Balaban J connectivity index is 1.70. The van der Waals surface area contributed by atoms with Gasteiger partial charge in [0.25, 0.3) is 0 Å². The molecule has 0 saturated carbocycles. The second-order valence-corrected chi connectivity index (χ2v) is 5.55. The lowest BCUT2D eigenvalue weighted by Crippen LogP contribution is -2.20. The summed E-state index contributed by atoms with van der Waals surface area (Å²) in [6, 6.07) is 12.4. The normalized spacial score (nSPS) is 10.6. The molecule has 2 aromatic carbocycles. The third-order valence-electron chi connectivity index (χ3n) is 2.66. The number of halogens is 3. The minimum absolute atomic E-state index is 0.148. The van der Waals surface area contributed by atoms with Crippen LogP contribution < -0.4 is 10.1 Å². The maximum absolute atomic E-state index is 13.0. The zero-order valence-electron chi connectivity index (χ0n) is 10.7. The Kier molecular flexibility index (Phi) is 5.83. The van der Waals surface area contributed by atoms with Gasteiger partial charge in [-0.2, -0.15) is 0 Å². The molecule has 0 aliphatic carbocycles. The molecule has 0 aromatic heterocycles. The summed E-state index contributed by atoms with van der Waals surface area (Å²) in [6.07, 6.45) is 0. The van der Waals surface area contributed by atoms with E-state index in [0.717, 1.165) is 15.8 Å². The van der Waals surface area contributed by atoms with Crippen LogP contribution in [0.25, 0.3) is 0 Å². The van der Waals surface area contributed by atoms with Crippen LogP contribution in [0.4, 0.5) is 4.39 Å². The van der Waals surface area contributed by atoms with Crippen molar-refractivity contribution in [3.8, 4) is 5.75 Å². The number of nitrogens with one attached hydrogen (secondary N) is 1. The van der Waals surface area contributed by atoms with Crippen LogP contribution in [0.3, 0.4) is 0 Å². The molecule has 2 aromatic rings. The molecule has 106 valence electrons. The van der Waals surface area contributed by atoms with Gasteiger partial charge < -0.3 is 10.1 Å². The van der Waals surface area contributed by atoms with Crippen molar-refractivity contribution in [2.75, 3.05) is 13.2 Å². The number of hydrogen-bond acceptors (Lipinski definition) is 2. The average molecular weight is 359 g/mol. The molecule has 0 heterocycles. The second kappa shape index (κ2) is 7.62. The Labute approximate surface area is 131 Å². The molecule has 0 fully saturated rings. The van der Waals surface area contributed by atoms with E-state index >= 15 is 0 Å². The summed E-state index contributed by atoms with van der Waals surface area (Å²) < 4.78 is 19.6. The van der Waals surface area contributed by atoms with Gasteiger partial charge in [-0.05, 0) is 35.9 Å². The Bertz CT molecular complexity index is 580. The van der Waals surface area contributed by atoms with E-state index in [0.29, 0.717) is 19.7 Å². The molecular formula is C15H14BrClFNO. The van der Waals surface area contributed by atoms with E-state index < -0.39 is 5.82 Å². The lowest BCUT2D eigenvalue weighted by molar-refractivity contribution is 0.313. The summed E-state index contributed by atoms with van der Waals surface area (Å²) in [5.74, 6) is 0.430. The molecule has 0 spiro atoms. The molecule has 2 rings (SSSR count). The molecule has 0 aliphatic rings. The lowest BCUT2D eigenvalue weighted by atomic mass is 10.2. The van der Waals surface area contributed by atoms with Gasteiger partial charge in [0.05, 0.1) is 5.02 Å². The van der Waals surface area contributed by atoms with Gasteiger partial charge in [0.15, 0.2) is 0 Å². The van der Waals surface area contributed by atoms with Crippen molar-refractivity contribution in [3.63, 3.8) is 0 Å². The standard InChI is InChI=1S/C15H14BrClFNO/c16-12-2-1-3-13(9-12)20-7-6-19-10-11-4-5-15(18)14(17)8-11/h1-5,8-9,19H,6-7,10H2. The van der Waals surface area contributed by atoms with Gasteiger partial charge in [-0.3, -0.25) is 0 Å². The predicted octanol–water partition coefficient (Wildman–Crippen LogP) is 4.41. The largest absolute Gasteiger partial charge is 0.492 e. The molecule has 2 nitrogen and oxygen atoms in total. The maximum atomic E-state index is 13.0. The quantitative estimate of drug-likeness (QED) is 0.772. The van der Waals surface area contributed by atoms with Crippen LogP contribution in [-0.4, -0.2) is 13.2 Å². The van der Waals surface area contributed by atoms with Crippen molar-refractivity contribution in [1.82, 2.24) is 5.32 Å². The van der Waals surface area contributed by atoms with Crippen LogP contribution in [-0.2, 0) is 6.54 Å². The number of hydrogen-bond donors (Lipinski definition) is 1. The highest BCUT2D eigenvalue weighted by Crippen LogP contribution is 2.17. The minimum Gasteiger partial charge on any atom is -0.492 e. The Morgan fingerprint density at radius 1 is 1.20 bits per heavy atom. The van der Waals surface area contributed by atoms with Gasteiger partial charge >= 0.3 is 0 Å². The lowest BCUT2D eigenvalue weighted by Gasteiger charge is -2.08. The zero-order chi connectivity index (χ0) is 14.4. The molecule has 1 N–H and O–H groups in total. The first kappa shape index (κ1) is 15.3. The molecule has 0 saturated heterocycles. The summed E-state index contributed by atoms with van der Waals surface area (Å²) in [4.78, 5) is 0. The molecule has 0 atom stereocenters. The molecule has 0 radical (unpaired) electrons. The average Bonchev–Trinajstić information content (AvgIpc) is 2.42. The van der Waals surface area contributed by atoms with Crippen molar-refractivity contribution >= 4 is 27.5 Å². The van der Waals surface area contributed by atoms with Crippen molar-refractivity contribution in [2.24, 2.45) is 0 Å². The minimum atomic E-state index is -0.395. The van der Waals surface area contributed by atoms with Crippen LogP contribution in [0.1, 0.15) is 5.56 Å². The molecule has 0 amide bonds. The summed E-state index contributed by atoms with van der Waals surface area (Å²) in [7, 11) is 0. The third kappa shape index (κ3) is 4.78. The van der Waals surface area contributed by atoms with Crippen LogP contribution in [0.2, 0.25) is 5.02 Å². The summed E-state index contributed by atoms with van der Waals surface area (Å²) in [5, 5.41) is 3.36. The number of rotatable bonds is 6. The first-order chi connectivity index (χ1) is 9.65. The summed E-state index contributed by atoms with van der Waals surface area (Å²) in [5.41, 5.74) is 0.943. The smallest absolute Gasteiger partial charge is 0.141 e. The fourth-order valence-corrected chi connectivity index (χ4v) is 2.26. The number of benzene rings is 2. The van der Waals surface area contributed by atoms with Gasteiger partial charge in [-0.1, -0.05) is 39.7 Å².